The van der Waals surface area contributed by atoms with Gasteiger partial charge in [0, 0.05) is 0 Å². The predicted molar refractivity (Wildman–Crippen MR) is 63.2 cm³/mol. The Kier molecular flexibility index (Phi) is 3.63. The standard InChI is InChI=1S/C14H16FNO/c1-10-4-2-5-11(8-10)17-14-7-3-6-13(15)12(14)9-16/h3,6-7,10-11H,2,4-5,8H2,1H3. The Morgan fingerprint density at radius 1 is 1.41 bits per heavy atom. The van der Waals surface area contributed by atoms with Crippen LogP contribution in [-0.4, -0.2) is 6.10 Å². The minimum atomic E-state index is -0.506. The van der Waals surface area contributed by atoms with Gasteiger partial charge >= 0.3 is 0 Å². The maximum absolute atomic E-state index is 13.4. The van der Waals surface area contributed by atoms with E-state index < -0.39 is 5.82 Å². The molecule has 0 spiro atoms. The van der Waals surface area contributed by atoms with Gasteiger partial charge in [-0.2, -0.15) is 5.26 Å². The highest BCUT2D eigenvalue weighted by molar-refractivity contribution is 5.43. The van der Waals surface area contributed by atoms with Crippen LogP contribution in [0.4, 0.5) is 4.39 Å². The van der Waals surface area contributed by atoms with Gasteiger partial charge < -0.3 is 4.74 Å². The predicted octanol–water partition coefficient (Wildman–Crippen LogP) is 3.65. The van der Waals surface area contributed by atoms with E-state index in [1.165, 1.54) is 12.5 Å². The molecule has 2 nitrogen and oxygen atoms in total. The number of nitrogens with zero attached hydrogens (tertiary/aromatic N) is 1. The van der Waals surface area contributed by atoms with E-state index in [1.54, 1.807) is 12.1 Å². The first-order valence-corrected chi connectivity index (χ1v) is 6.06. The molecule has 0 N–H and O–H groups in total. The summed E-state index contributed by atoms with van der Waals surface area (Å²) in [4.78, 5) is 0. The molecule has 2 unspecified atom stereocenters. The smallest absolute Gasteiger partial charge is 0.144 e. The summed E-state index contributed by atoms with van der Waals surface area (Å²) in [6.45, 7) is 2.20. The van der Waals surface area contributed by atoms with E-state index in [1.807, 2.05) is 6.07 Å². The molecule has 0 aromatic heterocycles. The van der Waals surface area contributed by atoms with Gasteiger partial charge in [-0.15, -0.1) is 0 Å². The van der Waals surface area contributed by atoms with Crippen molar-refractivity contribution < 1.29 is 9.13 Å². The van der Waals surface area contributed by atoms with Crippen molar-refractivity contribution in [2.24, 2.45) is 5.92 Å². The van der Waals surface area contributed by atoms with Crippen molar-refractivity contribution in [3.8, 4) is 11.8 Å². The third kappa shape index (κ3) is 2.76. The Morgan fingerprint density at radius 3 is 2.94 bits per heavy atom. The first kappa shape index (κ1) is 11.9. The first-order valence-electron chi connectivity index (χ1n) is 6.06. The zero-order valence-electron chi connectivity index (χ0n) is 9.95. The van der Waals surface area contributed by atoms with Crippen molar-refractivity contribution >= 4 is 0 Å². The molecule has 1 saturated carbocycles. The lowest BCUT2D eigenvalue weighted by Crippen LogP contribution is -2.24. The monoisotopic (exact) mass is 233 g/mol. The fourth-order valence-corrected chi connectivity index (χ4v) is 2.38. The molecular formula is C14H16FNO. The molecule has 0 amide bonds. The van der Waals surface area contributed by atoms with Crippen LogP contribution in [0, 0.1) is 23.1 Å². The van der Waals surface area contributed by atoms with Crippen LogP contribution in [0.5, 0.6) is 5.75 Å². The molecule has 0 aliphatic heterocycles. The average Bonchev–Trinajstić information content (AvgIpc) is 2.29. The van der Waals surface area contributed by atoms with Crippen molar-refractivity contribution in [1.82, 2.24) is 0 Å². The largest absolute Gasteiger partial charge is 0.489 e. The van der Waals surface area contributed by atoms with Crippen molar-refractivity contribution in [3.05, 3.63) is 29.6 Å². The summed E-state index contributed by atoms with van der Waals surface area (Å²) >= 11 is 0. The minimum Gasteiger partial charge on any atom is -0.489 e. The van der Waals surface area contributed by atoms with Gasteiger partial charge in [0.15, 0.2) is 0 Å². The molecule has 1 aromatic carbocycles. The first-order chi connectivity index (χ1) is 8.20. The van der Waals surface area contributed by atoms with Crippen LogP contribution >= 0.6 is 0 Å². The van der Waals surface area contributed by atoms with Gasteiger partial charge in [-0.3, -0.25) is 0 Å². The molecule has 1 aliphatic rings. The Bertz CT molecular complexity index is 438. The Hall–Kier alpha value is -1.56. The lowest BCUT2D eigenvalue weighted by molar-refractivity contribution is 0.128. The van der Waals surface area contributed by atoms with Crippen molar-refractivity contribution in [1.29, 1.82) is 5.26 Å². The fraction of sp³-hybridized carbons (Fsp3) is 0.500. The summed E-state index contributed by atoms with van der Waals surface area (Å²) in [5.74, 6) is 0.522. The molecule has 17 heavy (non-hydrogen) atoms. The lowest BCUT2D eigenvalue weighted by Gasteiger charge is -2.27. The maximum Gasteiger partial charge on any atom is 0.144 e. The lowest BCUT2D eigenvalue weighted by atomic mass is 9.88. The van der Waals surface area contributed by atoms with Crippen LogP contribution in [0.3, 0.4) is 0 Å². The zero-order valence-corrected chi connectivity index (χ0v) is 9.95. The molecule has 1 aromatic rings. The number of nitriles is 1. The Labute approximate surface area is 101 Å². The van der Waals surface area contributed by atoms with Gasteiger partial charge in [0.25, 0.3) is 0 Å². The van der Waals surface area contributed by atoms with Gasteiger partial charge in [-0.05, 0) is 37.3 Å². The Morgan fingerprint density at radius 2 is 2.24 bits per heavy atom. The number of rotatable bonds is 2. The average molecular weight is 233 g/mol. The second kappa shape index (κ2) is 5.18. The number of benzene rings is 1. The van der Waals surface area contributed by atoms with Gasteiger partial charge in [0.1, 0.15) is 23.2 Å². The van der Waals surface area contributed by atoms with E-state index >= 15 is 0 Å². The maximum atomic E-state index is 13.4. The van der Waals surface area contributed by atoms with Crippen LogP contribution in [-0.2, 0) is 0 Å². The summed E-state index contributed by atoms with van der Waals surface area (Å²) in [5.41, 5.74) is 0.0192. The minimum absolute atomic E-state index is 0.0192. The van der Waals surface area contributed by atoms with Crippen LogP contribution < -0.4 is 4.74 Å². The molecular weight excluding hydrogens is 217 g/mol. The molecule has 2 atom stereocenters. The number of ether oxygens (including phenoxy) is 1. The van der Waals surface area contributed by atoms with Crippen LogP contribution in [0.1, 0.15) is 38.2 Å². The molecule has 3 heteroatoms. The molecule has 90 valence electrons. The molecule has 1 aliphatic carbocycles. The summed E-state index contributed by atoms with van der Waals surface area (Å²) in [7, 11) is 0. The molecule has 0 saturated heterocycles. The fourth-order valence-electron chi connectivity index (χ4n) is 2.38. The summed E-state index contributed by atoms with van der Waals surface area (Å²) in [5, 5.41) is 8.91. The van der Waals surface area contributed by atoms with E-state index in [0.717, 1.165) is 19.3 Å². The molecule has 2 rings (SSSR count). The van der Waals surface area contributed by atoms with Gasteiger partial charge in [-0.25, -0.2) is 4.39 Å². The van der Waals surface area contributed by atoms with Crippen molar-refractivity contribution in [3.63, 3.8) is 0 Å². The number of hydrogen-bond donors (Lipinski definition) is 0. The van der Waals surface area contributed by atoms with E-state index in [-0.39, 0.29) is 11.7 Å². The van der Waals surface area contributed by atoms with Gasteiger partial charge in [-0.1, -0.05) is 19.4 Å². The van der Waals surface area contributed by atoms with E-state index in [4.69, 9.17) is 10.00 Å². The summed E-state index contributed by atoms with van der Waals surface area (Å²) < 4.78 is 19.1. The van der Waals surface area contributed by atoms with Crippen LogP contribution in [0.2, 0.25) is 0 Å². The third-order valence-electron chi connectivity index (χ3n) is 3.27. The highest BCUT2D eigenvalue weighted by Gasteiger charge is 2.21. The molecule has 0 heterocycles. The second-order valence-electron chi connectivity index (χ2n) is 4.74. The zero-order chi connectivity index (χ0) is 12.3. The van der Waals surface area contributed by atoms with Crippen LogP contribution in [0.25, 0.3) is 0 Å². The quantitative estimate of drug-likeness (QED) is 0.781. The van der Waals surface area contributed by atoms with E-state index in [0.29, 0.717) is 11.7 Å². The third-order valence-corrected chi connectivity index (χ3v) is 3.27. The van der Waals surface area contributed by atoms with Crippen molar-refractivity contribution in [2.45, 2.75) is 38.7 Å². The Balaban J connectivity index is 2.13. The summed E-state index contributed by atoms with van der Waals surface area (Å²) in [6.07, 6.45) is 4.47. The SMILES string of the molecule is CC1CCCC(Oc2cccc(F)c2C#N)C1. The van der Waals surface area contributed by atoms with E-state index in [9.17, 15) is 4.39 Å². The highest BCUT2D eigenvalue weighted by Crippen LogP contribution is 2.29. The number of halogens is 1. The normalized spacial score (nSPS) is 24.1. The molecule has 1 fully saturated rings. The second-order valence-corrected chi connectivity index (χ2v) is 4.74. The molecule has 0 radical (unpaired) electrons. The topological polar surface area (TPSA) is 33.0 Å². The van der Waals surface area contributed by atoms with Gasteiger partial charge in [0.05, 0.1) is 6.10 Å². The summed E-state index contributed by atoms with van der Waals surface area (Å²) in [6, 6.07) is 6.40. The molecule has 0 bridgehead atoms. The highest BCUT2D eigenvalue weighted by atomic mass is 19.1. The van der Waals surface area contributed by atoms with Crippen molar-refractivity contribution in [2.75, 3.05) is 0 Å². The number of hydrogen-bond acceptors (Lipinski definition) is 2. The van der Waals surface area contributed by atoms with E-state index in [2.05, 4.69) is 6.92 Å². The van der Waals surface area contributed by atoms with Crippen LogP contribution in [0.15, 0.2) is 18.2 Å². The van der Waals surface area contributed by atoms with Gasteiger partial charge in [0.2, 0.25) is 0 Å².